The molecule has 1 aromatic carbocycles. The average molecular weight is 300 g/mol. The van der Waals surface area contributed by atoms with Crippen LogP contribution in [0, 0.1) is 18.8 Å². The van der Waals surface area contributed by atoms with Gasteiger partial charge in [0, 0.05) is 5.69 Å². The van der Waals surface area contributed by atoms with E-state index < -0.39 is 17.8 Å². The molecule has 114 valence electrons. The summed E-state index contributed by atoms with van der Waals surface area (Å²) in [5, 5.41) is 19.6. The van der Waals surface area contributed by atoms with Gasteiger partial charge in [-0.15, -0.1) is 10.2 Å². The van der Waals surface area contributed by atoms with Crippen molar-refractivity contribution in [3.63, 3.8) is 0 Å². The van der Waals surface area contributed by atoms with E-state index in [0.717, 1.165) is 11.5 Å². The SMILES string of the molecule is Cc1nncn1-c1cccc(NC(=O)C2CCC2C(=O)O)c1. The van der Waals surface area contributed by atoms with Crippen LogP contribution in [-0.4, -0.2) is 31.7 Å². The smallest absolute Gasteiger partial charge is 0.307 e. The molecule has 1 saturated carbocycles. The fourth-order valence-corrected chi connectivity index (χ4v) is 2.62. The number of benzene rings is 1. The molecule has 1 aromatic heterocycles. The predicted octanol–water partition coefficient (Wildman–Crippen LogP) is 1.63. The van der Waals surface area contributed by atoms with Crippen molar-refractivity contribution in [3.8, 4) is 5.69 Å². The summed E-state index contributed by atoms with van der Waals surface area (Å²) in [6.07, 6.45) is 2.78. The number of carboxylic acids is 1. The van der Waals surface area contributed by atoms with E-state index >= 15 is 0 Å². The summed E-state index contributed by atoms with van der Waals surface area (Å²) < 4.78 is 1.80. The molecule has 22 heavy (non-hydrogen) atoms. The standard InChI is InChI=1S/C15H16N4O3/c1-9-18-16-8-19(9)11-4-2-3-10(7-11)17-14(20)12-5-6-13(12)15(21)22/h2-4,7-8,12-13H,5-6H2,1H3,(H,17,20)(H,21,22). The zero-order valence-corrected chi connectivity index (χ0v) is 12.1. The number of anilines is 1. The first-order valence-corrected chi connectivity index (χ1v) is 7.07. The number of aryl methyl sites for hydroxylation is 1. The van der Waals surface area contributed by atoms with Crippen LogP contribution in [0.15, 0.2) is 30.6 Å². The van der Waals surface area contributed by atoms with Crippen molar-refractivity contribution in [2.24, 2.45) is 11.8 Å². The summed E-state index contributed by atoms with van der Waals surface area (Å²) in [6, 6.07) is 7.29. The van der Waals surface area contributed by atoms with Gasteiger partial charge < -0.3 is 10.4 Å². The predicted molar refractivity (Wildman–Crippen MR) is 78.6 cm³/mol. The van der Waals surface area contributed by atoms with Gasteiger partial charge in [0.05, 0.1) is 17.5 Å². The molecule has 1 amide bonds. The van der Waals surface area contributed by atoms with Crippen LogP contribution >= 0.6 is 0 Å². The zero-order valence-electron chi connectivity index (χ0n) is 12.1. The number of carbonyl (C=O) groups excluding carboxylic acids is 1. The number of hydrogen-bond acceptors (Lipinski definition) is 4. The molecule has 2 N–H and O–H groups in total. The highest BCUT2D eigenvalue weighted by Gasteiger charge is 2.41. The van der Waals surface area contributed by atoms with Crippen molar-refractivity contribution in [1.29, 1.82) is 0 Å². The Morgan fingerprint density at radius 3 is 2.68 bits per heavy atom. The highest BCUT2D eigenvalue weighted by Crippen LogP contribution is 2.35. The Morgan fingerprint density at radius 1 is 1.32 bits per heavy atom. The number of nitrogens with zero attached hydrogens (tertiary/aromatic N) is 3. The van der Waals surface area contributed by atoms with Crippen molar-refractivity contribution in [2.75, 3.05) is 5.32 Å². The van der Waals surface area contributed by atoms with Crippen molar-refractivity contribution in [1.82, 2.24) is 14.8 Å². The molecule has 2 unspecified atom stereocenters. The molecule has 1 heterocycles. The van der Waals surface area contributed by atoms with Crippen molar-refractivity contribution in [2.45, 2.75) is 19.8 Å². The first-order chi connectivity index (χ1) is 10.6. The third-order valence-corrected chi connectivity index (χ3v) is 4.04. The maximum absolute atomic E-state index is 12.2. The third-order valence-electron chi connectivity index (χ3n) is 4.04. The Balaban J connectivity index is 1.75. The Bertz CT molecular complexity index is 725. The molecule has 2 atom stereocenters. The van der Waals surface area contributed by atoms with Crippen LogP contribution in [-0.2, 0) is 9.59 Å². The molecular formula is C15H16N4O3. The molecule has 0 radical (unpaired) electrons. The lowest BCUT2D eigenvalue weighted by Crippen LogP contribution is -2.41. The summed E-state index contributed by atoms with van der Waals surface area (Å²) >= 11 is 0. The average Bonchev–Trinajstić information content (AvgIpc) is 2.83. The van der Waals surface area contributed by atoms with E-state index in [1.807, 2.05) is 25.1 Å². The molecule has 0 bridgehead atoms. The highest BCUT2D eigenvalue weighted by molar-refractivity contribution is 5.96. The van der Waals surface area contributed by atoms with E-state index in [1.54, 1.807) is 17.0 Å². The van der Waals surface area contributed by atoms with Crippen LogP contribution in [0.3, 0.4) is 0 Å². The number of nitrogens with one attached hydrogen (secondary N) is 1. The maximum atomic E-state index is 12.2. The first kappa shape index (κ1) is 14.2. The van der Waals surface area contributed by atoms with Gasteiger partial charge in [-0.2, -0.15) is 0 Å². The quantitative estimate of drug-likeness (QED) is 0.894. The number of aliphatic carboxylic acids is 1. The number of amides is 1. The fourth-order valence-electron chi connectivity index (χ4n) is 2.62. The molecule has 1 aliphatic carbocycles. The summed E-state index contributed by atoms with van der Waals surface area (Å²) in [7, 11) is 0. The van der Waals surface area contributed by atoms with Crippen molar-refractivity contribution >= 4 is 17.6 Å². The molecule has 1 fully saturated rings. The van der Waals surface area contributed by atoms with Gasteiger partial charge in [-0.05, 0) is 38.0 Å². The lowest BCUT2D eigenvalue weighted by atomic mass is 9.73. The van der Waals surface area contributed by atoms with Crippen LogP contribution in [0.4, 0.5) is 5.69 Å². The normalized spacial score (nSPS) is 20.2. The minimum atomic E-state index is -0.903. The molecule has 7 nitrogen and oxygen atoms in total. The molecule has 0 spiro atoms. The Kier molecular flexibility index (Phi) is 3.62. The lowest BCUT2D eigenvalue weighted by molar-refractivity contribution is -0.151. The van der Waals surface area contributed by atoms with Crippen LogP contribution < -0.4 is 5.32 Å². The topological polar surface area (TPSA) is 97.1 Å². The van der Waals surface area contributed by atoms with Crippen LogP contribution in [0.5, 0.6) is 0 Å². The van der Waals surface area contributed by atoms with Gasteiger partial charge in [-0.3, -0.25) is 14.2 Å². The van der Waals surface area contributed by atoms with E-state index in [4.69, 9.17) is 5.11 Å². The molecule has 0 aliphatic heterocycles. The summed E-state index contributed by atoms with van der Waals surface area (Å²) in [6.45, 7) is 1.84. The monoisotopic (exact) mass is 300 g/mol. The van der Waals surface area contributed by atoms with E-state index in [2.05, 4.69) is 15.5 Å². The Hall–Kier alpha value is -2.70. The number of carboxylic acid groups (broad SMARTS) is 1. The number of rotatable bonds is 4. The number of hydrogen-bond donors (Lipinski definition) is 2. The number of aromatic nitrogens is 3. The minimum absolute atomic E-state index is 0.240. The molecule has 2 aromatic rings. The van der Waals surface area contributed by atoms with E-state index in [9.17, 15) is 9.59 Å². The van der Waals surface area contributed by atoms with E-state index in [0.29, 0.717) is 18.5 Å². The van der Waals surface area contributed by atoms with Crippen LogP contribution in [0.1, 0.15) is 18.7 Å². The van der Waals surface area contributed by atoms with Gasteiger partial charge >= 0.3 is 5.97 Å². The highest BCUT2D eigenvalue weighted by atomic mass is 16.4. The lowest BCUT2D eigenvalue weighted by Gasteiger charge is -2.31. The van der Waals surface area contributed by atoms with Gasteiger partial charge in [0.1, 0.15) is 12.2 Å². The van der Waals surface area contributed by atoms with E-state index in [-0.39, 0.29) is 5.91 Å². The van der Waals surface area contributed by atoms with Crippen molar-refractivity contribution in [3.05, 3.63) is 36.4 Å². The van der Waals surface area contributed by atoms with Gasteiger partial charge in [0.2, 0.25) is 5.91 Å². The van der Waals surface area contributed by atoms with Gasteiger partial charge in [-0.25, -0.2) is 0 Å². The van der Waals surface area contributed by atoms with Crippen molar-refractivity contribution < 1.29 is 14.7 Å². The van der Waals surface area contributed by atoms with Crippen LogP contribution in [0.25, 0.3) is 5.69 Å². The van der Waals surface area contributed by atoms with E-state index in [1.165, 1.54) is 0 Å². The second kappa shape index (κ2) is 5.59. The molecular weight excluding hydrogens is 284 g/mol. The summed E-state index contributed by atoms with van der Waals surface area (Å²) in [5.74, 6) is -1.41. The van der Waals surface area contributed by atoms with Gasteiger partial charge in [-0.1, -0.05) is 6.07 Å². The number of carbonyl (C=O) groups is 2. The first-order valence-electron chi connectivity index (χ1n) is 7.07. The minimum Gasteiger partial charge on any atom is -0.481 e. The molecule has 7 heteroatoms. The summed E-state index contributed by atoms with van der Waals surface area (Å²) in [5.41, 5.74) is 1.47. The second-order valence-corrected chi connectivity index (χ2v) is 5.42. The Labute approximate surface area is 127 Å². The third kappa shape index (κ3) is 2.57. The molecule has 3 rings (SSSR count). The maximum Gasteiger partial charge on any atom is 0.307 e. The zero-order chi connectivity index (χ0) is 15.7. The van der Waals surface area contributed by atoms with Gasteiger partial charge in [0.25, 0.3) is 0 Å². The molecule has 1 aliphatic rings. The largest absolute Gasteiger partial charge is 0.481 e. The fraction of sp³-hybridized carbons (Fsp3) is 0.333. The second-order valence-electron chi connectivity index (χ2n) is 5.42. The van der Waals surface area contributed by atoms with Gasteiger partial charge in [0.15, 0.2) is 0 Å². The molecule has 0 saturated heterocycles. The van der Waals surface area contributed by atoms with Crippen LogP contribution in [0.2, 0.25) is 0 Å². The Morgan fingerprint density at radius 2 is 2.09 bits per heavy atom. The summed E-state index contributed by atoms with van der Waals surface area (Å²) in [4.78, 5) is 23.2.